The third-order valence-electron chi connectivity index (χ3n) is 4.03. The second kappa shape index (κ2) is 8.80. The Morgan fingerprint density at radius 2 is 1.16 bits per heavy atom. The van der Waals surface area contributed by atoms with Crippen LogP contribution in [0.2, 0.25) is 0 Å². The molecule has 0 bridgehead atoms. The topological polar surface area (TPSA) is 118 Å². The highest BCUT2D eigenvalue weighted by Crippen LogP contribution is 2.43. The van der Waals surface area contributed by atoms with E-state index in [0.29, 0.717) is 12.8 Å². The van der Waals surface area contributed by atoms with Crippen LogP contribution in [-0.4, -0.2) is 62.5 Å². The molecule has 1 heterocycles. The van der Waals surface area contributed by atoms with E-state index in [0.717, 1.165) is 0 Å². The van der Waals surface area contributed by atoms with Crippen molar-refractivity contribution in [2.75, 3.05) is 26.4 Å². The van der Waals surface area contributed by atoms with E-state index >= 15 is 0 Å². The Morgan fingerprint density at radius 1 is 0.760 bits per heavy atom. The van der Waals surface area contributed by atoms with Crippen molar-refractivity contribution in [1.29, 1.82) is 0 Å². The zero-order chi connectivity index (χ0) is 18.4. The number of hydrogen-bond donors (Lipinski definition) is 0. The van der Waals surface area contributed by atoms with Crippen molar-refractivity contribution in [2.24, 2.45) is 11.8 Å². The summed E-state index contributed by atoms with van der Waals surface area (Å²) in [4.78, 5) is 47.1. The van der Waals surface area contributed by atoms with E-state index in [-0.39, 0.29) is 25.4 Å². The van der Waals surface area contributed by atoms with Crippen molar-refractivity contribution in [1.82, 2.24) is 0 Å². The molecule has 0 aromatic heterocycles. The molecule has 2 aliphatic rings. The summed E-state index contributed by atoms with van der Waals surface area (Å²) in [5.74, 6) is -4.25. The minimum atomic E-state index is -0.784. The van der Waals surface area contributed by atoms with Crippen LogP contribution in [0.4, 0.5) is 0 Å². The van der Waals surface area contributed by atoms with Crippen LogP contribution in [0, 0.1) is 11.8 Å². The molecule has 140 valence electrons. The first-order chi connectivity index (χ1) is 12.0. The number of esters is 4. The molecule has 4 unspecified atom stereocenters. The Kier molecular flexibility index (Phi) is 6.74. The number of carbonyl (C=O) groups excluding carboxylic acids is 4. The maximum atomic E-state index is 12.2. The van der Waals surface area contributed by atoms with Crippen LogP contribution in [0.3, 0.4) is 0 Å². The molecule has 0 aromatic carbocycles. The molecule has 1 saturated heterocycles. The third-order valence-corrected chi connectivity index (χ3v) is 4.03. The first kappa shape index (κ1) is 19.2. The summed E-state index contributed by atoms with van der Waals surface area (Å²) < 4.78 is 24.6. The summed E-state index contributed by atoms with van der Waals surface area (Å²) in [6.45, 7) is 2.62. The first-order valence-electron chi connectivity index (χ1n) is 8.26. The van der Waals surface area contributed by atoms with Crippen LogP contribution in [-0.2, 0) is 42.9 Å². The van der Waals surface area contributed by atoms with Gasteiger partial charge in [-0.25, -0.2) is 9.59 Å². The van der Waals surface area contributed by atoms with Gasteiger partial charge in [-0.05, 0) is 26.7 Å². The van der Waals surface area contributed by atoms with Gasteiger partial charge in [-0.2, -0.15) is 0 Å². The largest absolute Gasteiger partial charge is 0.463 e. The SMILES string of the molecule is CCOC(=O)COC(=O)C1CC2OC2CC1C(=O)OCC(=O)OCC. The molecule has 0 amide bonds. The molecule has 1 aliphatic carbocycles. The molecule has 1 aliphatic heterocycles. The molecule has 0 radical (unpaired) electrons. The van der Waals surface area contributed by atoms with Gasteiger partial charge in [0.05, 0.1) is 37.3 Å². The van der Waals surface area contributed by atoms with E-state index in [1.54, 1.807) is 13.8 Å². The lowest BCUT2D eigenvalue weighted by molar-refractivity contribution is -0.169. The van der Waals surface area contributed by atoms with Gasteiger partial charge in [-0.1, -0.05) is 0 Å². The van der Waals surface area contributed by atoms with Gasteiger partial charge in [0, 0.05) is 0 Å². The molecule has 4 atom stereocenters. The van der Waals surface area contributed by atoms with E-state index in [4.69, 9.17) is 14.2 Å². The molecular formula is C16H22O9. The van der Waals surface area contributed by atoms with Gasteiger partial charge in [-0.3, -0.25) is 9.59 Å². The van der Waals surface area contributed by atoms with Gasteiger partial charge >= 0.3 is 23.9 Å². The average Bonchev–Trinajstić information content (AvgIpc) is 3.35. The number of epoxide rings is 1. The van der Waals surface area contributed by atoms with Crippen LogP contribution < -0.4 is 0 Å². The van der Waals surface area contributed by atoms with Crippen LogP contribution >= 0.6 is 0 Å². The van der Waals surface area contributed by atoms with Crippen molar-refractivity contribution in [2.45, 2.75) is 38.9 Å². The van der Waals surface area contributed by atoms with Crippen molar-refractivity contribution in [3.05, 3.63) is 0 Å². The van der Waals surface area contributed by atoms with Gasteiger partial charge in [0.25, 0.3) is 0 Å². The van der Waals surface area contributed by atoms with Crippen LogP contribution in [0.15, 0.2) is 0 Å². The summed E-state index contributed by atoms with van der Waals surface area (Å²) in [6, 6.07) is 0. The minimum Gasteiger partial charge on any atom is -0.463 e. The van der Waals surface area contributed by atoms with Crippen LogP contribution in [0.5, 0.6) is 0 Å². The molecule has 25 heavy (non-hydrogen) atoms. The van der Waals surface area contributed by atoms with Crippen molar-refractivity contribution < 1.29 is 42.9 Å². The highest BCUT2D eigenvalue weighted by atomic mass is 16.6. The molecule has 2 fully saturated rings. The standard InChI is InChI=1S/C16H22O9/c1-3-21-13(17)7-23-15(19)9-5-11-12(25-11)6-10(9)16(20)24-8-14(18)22-4-2/h9-12H,3-8H2,1-2H3. The fourth-order valence-electron chi connectivity index (χ4n) is 2.82. The average molecular weight is 358 g/mol. The number of rotatable bonds is 8. The second-order valence-electron chi connectivity index (χ2n) is 5.72. The molecule has 0 aromatic rings. The monoisotopic (exact) mass is 358 g/mol. The number of carbonyl (C=O) groups is 4. The zero-order valence-electron chi connectivity index (χ0n) is 14.2. The summed E-state index contributed by atoms with van der Waals surface area (Å²) >= 11 is 0. The normalized spacial score (nSPS) is 26.8. The highest BCUT2D eigenvalue weighted by molar-refractivity contribution is 5.85. The molecule has 2 rings (SSSR count). The fraction of sp³-hybridized carbons (Fsp3) is 0.750. The molecule has 0 spiro atoms. The lowest BCUT2D eigenvalue weighted by Crippen LogP contribution is -2.38. The Bertz CT molecular complexity index is 484. The van der Waals surface area contributed by atoms with Gasteiger partial charge in [0.1, 0.15) is 0 Å². The molecule has 9 heteroatoms. The maximum Gasteiger partial charge on any atom is 0.344 e. The minimum absolute atomic E-state index is 0.0887. The Morgan fingerprint density at radius 3 is 1.52 bits per heavy atom. The van der Waals surface area contributed by atoms with Gasteiger partial charge < -0.3 is 23.7 Å². The highest BCUT2D eigenvalue weighted by Gasteiger charge is 2.53. The summed E-state index contributed by atoms with van der Waals surface area (Å²) in [5, 5.41) is 0. The first-order valence-corrected chi connectivity index (χ1v) is 8.26. The molecule has 9 nitrogen and oxygen atoms in total. The summed E-state index contributed by atoms with van der Waals surface area (Å²) in [7, 11) is 0. The third kappa shape index (κ3) is 5.42. The van der Waals surface area contributed by atoms with Crippen LogP contribution in [0.25, 0.3) is 0 Å². The smallest absolute Gasteiger partial charge is 0.344 e. The predicted molar refractivity (Wildman–Crippen MR) is 80.1 cm³/mol. The van der Waals surface area contributed by atoms with Gasteiger partial charge in [0.15, 0.2) is 13.2 Å². The summed E-state index contributed by atoms with van der Waals surface area (Å²) in [5.41, 5.74) is 0. The Hall–Kier alpha value is -2.16. The van der Waals surface area contributed by atoms with Crippen molar-refractivity contribution >= 4 is 23.9 Å². The second-order valence-corrected chi connectivity index (χ2v) is 5.72. The molecule has 0 N–H and O–H groups in total. The van der Waals surface area contributed by atoms with Crippen molar-refractivity contribution in [3.8, 4) is 0 Å². The number of fused-ring (bicyclic) bond motifs is 1. The van der Waals surface area contributed by atoms with Crippen molar-refractivity contribution in [3.63, 3.8) is 0 Å². The fourth-order valence-corrected chi connectivity index (χ4v) is 2.82. The Labute approximate surface area is 144 Å². The van der Waals surface area contributed by atoms with E-state index in [9.17, 15) is 19.2 Å². The van der Waals surface area contributed by atoms with E-state index in [2.05, 4.69) is 9.47 Å². The lowest BCUT2D eigenvalue weighted by atomic mass is 9.79. The lowest BCUT2D eigenvalue weighted by Gasteiger charge is -2.25. The molecular weight excluding hydrogens is 336 g/mol. The maximum absolute atomic E-state index is 12.2. The Balaban J connectivity index is 1.89. The number of ether oxygens (including phenoxy) is 5. The van der Waals surface area contributed by atoms with E-state index in [1.807, 2.05) is 0 Å². The quantitative estimate of drug-likeness (QED) is 0.335. The molecule has 1 saturated carbocycles. The predicted octanol–water partition coefficient (Wildman–Crippen LogP) is -0.00740. The van der Waals surface area contributed by atoms with E-state index < -0.39 is 48.9 Å². The summed E-state index contributed by atoms with van der Waals surface area (Å²) in [6.07, 6.45) is 0.445. The van der Waals surface area contributed by atoms with Gasteiger partial charge in [0.2, 0.25) is 0 Å². The van der Waals surface area contributed by atoms with Crippen LogP contribution in [0.1, 0.15) is 26.7 Å². The number of hydrogen-bond acceptors (Lipinski definition) is 9. The van der Waals surface area contributed by atoms with Gasteiger partial charge in [-0.15, -0.1) is 0 Å². The zero-order valence-corrected chi connectivity index (χ0v) is 14.2. The van der Waals surface area contributed by atoms with E-state index in [1.165, 1.54) is 0 Å².